The van der Waals surface area contributed by atoms with Crippen LogP contribution in [0.1, 0.15) is 38.6 Å². The standard InChI is InChI=1S/C32H35FN2O4/c1-23-8-10-25(11-9-23)20-35(21-26-6-5-7-27(33)18-26)22-28-13-15-30(39-28)32(36)34(2)17-16-24-12-14-29(37-3)31(19-24)38-4/h5-15,18-19H,16-17,20-22H2,1-4H3. The molecule has 0 aliphatic carbocycles. The SMILES string of the molecule is COc1ccc(CCN(C)C(=O)c2ccc(CN(Cc3ccc(C)cc3)Cc3cccc(F)c3)o2)cc1OC. The molecule has 0 spiro atoms. The maximum absolute atomic E-state index is 13.8. The third-order valence-electron chi connectivity index (χ3n) is 6.60. The summed E-state index contributed by atoms with van der Waals surface area (Å²) >= 11 is 0. The van der Waals surface area contributed by atoms with E-state index < -0.39 is 0 Å². The lowest BCUT2D eigenvalue weighted by Gasteiger charge is -2.22. The van der Waals surface area contributed by atoms with Crippen molar-refractivity contribution in [1.82, 2.24) is 9.80 Å². The first kappa shape index (κ1) is 27.9. The van der Waals surface area contributed by atoms with Gasteiger partial charge in [-0.25, -0.2) is 4.39 Å². The van der Waals surface area contributed by atoms with Gasteiger partial charge >= 0.3 is 0 Å². The zero-order chi connectivity index (χ0) is 27.8. The molecule has 0 saturated carbocycles. The van der Waals surface area contributed by atoms with E-state index in [1.807, 2.05) is 30.3 Å². The molecule has 0 radical (unpaired) electrons. The smallest absolute Gasteiger partial charge is 0.289 e. The highest BCUT2D eigenvalue weighted by Crippen LogP contribution is 2.28. The van der Waals surface area contributed by atoms with Gasteiger partial charge in [0.2, 0.25) is 0 Å². The molecule has 0 unspecified atom stereocenters. The molecule has 0 bridgehead atoms. The molecule has 7 heteroatoms. The highest BCUT2D eigenvalue weighted by Gasteiger charge is 2.18. The molecule has 0 aliphatic heterocycles. The van der Waals surface area contributed by atoms with E-state index in [2.05, 4.69) is 36.1 Å². The van der Waals surface area contributed by atoms with E-state index in [1.54, 1.807) is 44.4 Å². The molecule has 3 aromatic carbocycles. The number of carbonyl (C=O) groups is 1. The Morgan fingerprint density at radius 1 is 0.821 bits per heavy atom. The molecule has 4 aromatic rings. The van der Waals surface area contributed by atoms with Crippen LogP contribution >= 0.6 is 0 Å². The molecule has 0 fully saturated rings. The van der Waals surface area contributed by atoms with Gasteiger partial charge in [-0.15, -0.1) is 0 Å². The Labute approximate surface area is 229 Å². The molecule has 0 saturated heterocycles. The molecule has 204 valence electrons. The number of hydrogen-bond donors (Lipinski definition) is 0. The van der Waals surface area contributed by atoms with Gasteiger partial charge in [0.15, 0.2) is 17.3 Å². The summed E-state index contributed by atoms with van der Waals surface area (Å²) < 4.78 is 30.5. The van der Waals surface area contributed by atoms with Gasteiger partial charge in [0.1, 0.15) is 11.6 Å². The minimum absolute atomic E-state index is 0.183. The summed E-state index contributed by atoms with van der Waals surface area (Å²) in [5.74, 6) is 1.86. The van der Waals surface area contributed by atoms with Crippen LogP contribution in [0.3, 0.4) is 0 Å². The van der Waals surface area contributed by atoms with Crippen LogP contribution in [-0.2, 0) is 26.1 Å². The van der Waals surface area contributed by atoms with Crippen molar-refractivity contribution in [2.45, 2.75) is 33.0 Å². The molecule has 6 nitrogen and oxygen atoms in total. The van der Waals surface area contributed by atoms with Gasteiger partial charge in [-0.05, 0) is 66.4 Å². The number of ether oxygens (including phenoxy) is 2. The highest BCUT2D eigenvalue weighted by atomic mass is 19.1. The lowest BCUT2D eigenvalue weighted by Crippen LogP contribution is -2.28. The largest absolute Gasteiger partial charge is 0.493 e. The fraction of sp³-hybridized carbons (Fsp3) is 0.281. The van der Waals surface area contributed by atoms with E-state index in [0.29, 0.717) is 55.6 Å². The minimum atomic E-state index is -0.259. The number of likely N-dealkylation sites (N-methyl/N-ethyl adjacent to an activating group) is 1. The number of benzene rings is 3. The summed E-state index contributed by atoms with van der Waals surface area (Å²) in [6.07, 6.45) is 0.661. The van der Waals surface area contributed by atoms with Gasteiger partial charge in [0.05, 0.1) is 20.8 Å². The summed E-state index contributed by atoms with van der Waals surface area (Å²) in [6, 6.07) is 24.3. The van der Waals surface area contributed by atoms with Gasteiger partial charge in [-0.1, -0.05) is 48.0 Å². The van der Waals surface area contributed by atoms with Crippen LogP contribution in [0.15, 0.2) is 83.3 Å². The molecular formula is C32H35FN2O4. The van der Waals surface area contributed by atoms with E-state index >= 15 is 0 Å². The van der Waals surface area contributed by atoms with Gasteiger partial charge in [0, 0.05) is 26.7 Å². The van der Waals surface area contributed by atoms with E-state index in [1.165, 1.54) is 11.6 Å². The predicted octanol–water partition coefficient (Wildman–Crippen LogP) is 6.26. The molecule has 1 heterocycles. The molecule has 1 aromatic heterocycles. The molecule has 39 heavy (non-hydrogen) atoms. The number of rotatable bonds is 12. The Morgan fingerprint density at radius 2 is 1.54 bits per heavy atom. The fourth-order valence-electron chi connectivity index (χ4n) is 4.43. The van der Waals surface area contributed by atoms with Crippen LogP contribution in [0.4, 0.5) is 4.39 Å². The monoisotopic (exact) mass is 530 g/mol. The minimum Gasteiger partial charge on any atom is -0.493 e. The number of methoxy groups -OCH3 is 2. The zero-order valence-electron chi connectivity index (χ0n) is 22.9. The second-order valence-corrected chi connectivity index (χ2v) is 9.69. The third kappa shape index (κ3) is 7.71. The highest BCUT2D eigenvalue weighted by molar-refractivity contribution is 5.91. The average Bonchev–Trinajstić information content (AvgIpc) is 3.40. The van der Waals surface area contributed by atoms with Crippen molar-refractivity contribution in [3.8, 4) is 11.5 Å². The van der Waals surface area contributed by atoms with E-state index in [0.717, 1.165) is 16.7 Å². The van der Waals surface area contributed by atoms with E-state index in [9.17, 15) is 9.18 Å². The van der Waals surface area contributed by atoms with Crippen LogP contribution < -0.4 is 9.47 Å². The third-order valence-corrected chi connectivity index (χ3v) is 6.60. The summed E-state index contributed by atoms with van der Waals surface area (Å²) in [4.78, 5) is 16.9. The first-order valence-corrected chi connectivity index (χ1v) is 12.9. The molecular weight excluding hydrogens is 495 g/mol. The summed E-state index contributed by atoms with van der Waals surface area (Å²) in [7, 11) is 4.97. The number of furan rings is 1. The Bertz CT molecular complexity index is 1380. The van der Waals surface area contributed by atoms with Crippen LogP contribution in [0.25, 0.3) is 0 Å². The zero-order valence-corrected chi connectivity index (χ0v) is 22.9. The first-order chi connectivity index (χ1) is 18.8. The average molecular weight is 531 g/mol. The van der Waals surface area contributed by atoms with Crippen molar-refractivity contribution < 1.29 is 23.1 Å². The number of aryl methyl sites for hydroxylation is 1. The van der Waals surface area contributed by atoms with Crippen molar-refractivity contribution >= 4 is 5.91 Å². The van der Waals surface area contributed by atoms with Crippen molar-refractivity contribution in [3.63, 3.8) is 0 Å². The summed E-state index contributed by atoms with van der Waals surface area (Å²) in [6.45, 7) is 4.25. The number of carbonyl (C=O) groups excluding carboxylic acids is 1. The number of hydrogen-bond acceptors (Lipinski definition) is 5. The van der Waals surface area contributed by atoms with Crippen LogP contribution in [-0.4, -0.2) is 43.5 Å². The topological polar surface area (TPSA) is 55.2 Å². The van der Waals surface area contributed by atoms with Crippen molar-refractivity contribution in [2.75, 3.05) is 27.8 Å². The number of nitrogens with zero attached hydrogens (tertiary/aromatic N) is 2. The van der Waals surface area contributed by atoms with E-state index in [4.69, 9.17) is 13.9 Å². The van der Waals surface area contributed by atoms with Crippen LogP contribution in [0, 0.1) is 12.7 Å². The van der Waals surface area contributed by atoms with Crippen molar-refractivity contribution in [3.05, 3.63) is 118 Å². The Balaban J connectivity index is 1.41. The quantitative estimate of drug-likeness (QED) is 0.216. The molecule has 0 aliphatic rings. The van der Waals surface area contributed by atoms with Crippen molar-refractivity contribution in [1.29, 1.82) is 0 Å². The molecule has 0 atom stereocenters. The predicted molar refractivity (Wildman–Crippen MR) is 149 cm³/mol. The van der Waals surface area contributed by atoms with Gasteiger partial charge in [-0.3, -0.25) is 9.69 Å². The fourth-order valence-corrected chi connectivity index (χ4v) is 4.43. The Hall–Kier alpha value is -4.10. The lowest BCUT2D eigenvalue weighted by molar-refractivity contribution is 0.0760. The van der Waals surface area contributed by atoms with Gasteiger partial charge < -0.3 is 18.8 Å². The second-order valence-electron chi connectivity index (χ2n) is 9.69. The Kier molecular flexibility index (Phi) is 9.39. The maximum Gasteiger partial charge on any atom is 0.289 e. The van der Waals surface area contributed by atoms with Gasteiger partial charge in [0.25, 0.3) is 5.91 Å². The maximum atomic E-state index is 13.8. The van der Waals surface area contributed by atoms with Crippen molar-refractivity contribution in [2.24, 2.45) is 0 Å². The lowest BCUT2D eigenvalue weighted by atomic mass is 10.1. The van der Waals surface area contributed by atoms with Crippen LogP contribution in [0.2, 0.25) is 0 Å². The second kappa shape index (κ2) is 13.1. The van der Waals surface area contributed by atoms with Gasteiger partial charge in [-0.2, -0.15) is 0 Å². The normalized spacial score (nSPS) is 11.0. The summed E-state index contributed by atoms with van der Waals surface area (Å²) in [5, 5.41) is 0. The molecule has 4 rings (SSSR count). The molecule has 1 amide bonds. The first-order valence-electron chi connectivity index (χ1n) is 12.9. The number of amides is 1. The number of halogens is 1. The van der Waals surface area contributed by atoms with E-state index in [-0.39, 0.29) is 11.7 Å². The Morgan fingerprint density at radius 3 is 2.26 bits per heavy atom. The summed E-state index contributed by atoms with van der Waals surface area (Å²) in [5.41, 5.74) is 4.26. The molecule has 0 N–H and O–H groups in total. The van der Waals surface area contributed by atoms with Crippen LogP contribution in [0.5, 0.6) is 11.5 Å².